The lowest BCUT2D eigenvalue weighted by molar-refractivity contribution is 0.0946. The largest absolute Gasteiger partial charge is 0.379 e. The van der Waals surface area contributed by atoms with Gasteiger partial charge in [-0.05, 0) is 34.1 Å². The number of nitrogens with one attached hydrogen (secondary N) is 1. The van der Waals surface area contributed by atoms with Crippen LogP contribution in [0, 0.1) is 0 Å². The Bertz CT molecular complexity index is 1230. The minimum atomic E-state index is -0.614. The van der Waals surface area contributed by atoms with Crippen molar-refractivity contribution in [3.8, 4) is 0 Å². The van der Waals surface area contributed by atoms with E-state index in [4.69, 9.17) is 28.9 Å². The fraction of sp³-hybridized carbons (Fsp3) is 0.0526. The summed E-state index contributed by atoms with van der Waals surface area (Å²) >= 11 is 12.3. The molecule has 0 radical (unpaired) electrons. The van der Waals surface area contributed by atoms with Crippen LogP contribution >= 0.6 is 23.2 Å². The Morgan fingerprint density at radius 3 is 2.83 bits per heavy atom. The molecule has 0 aliphatic carbocycles. The lowest BCUT2D eigenvalue weighted by Gasteiger charge is -2.08. The molecule has 2 aromatic heterocycles. The number of carbonyl (C=O) groups is 1. The van der Waals surface area contributed by atoms with Crippen LogP contribution in [0.25, 0.3) is 10.9 Å². The normalized spacial score (nSPS) is 11.4. The molecule has 0 bridgehead atoms. The van der Waals surface area contributed by atoms with Crippen LogP contribution in [0.15, 0.2) is 58.4 Å². The molecule has 0 saturated heterocycles. The monoisotopic (exact) mass is 428 g/mol. The number of halogens is 2. The predicted octanol–water partition coefficient (Wildman–Crippen LogP) is 3.73. The van der Waals surface area contributed by atoms with E-state index in [0.717, 1.165) is 22.0 Å². The summed E-state index contributed by atoms with van der Waals surface area (Å²) in [6.07, 6.45) is 3.47. The zero-order valence-corrected chi connectivity index (χ0v) is 16.4. The number of anilines is 1. The van der Waals surface area contributed by atoms with E-state index in [1.165, 1.54) is 0 Å². The molecule has 4 aromatic rings. The van der Waals surface area contributed by atoms with Crippen molar-refractivity contribution >= 4 is 52.0 Å². The average molecular weight is 429 g/mol. The molecule has 3 N–H and O–H groups in total. The Morgan fingerprint density at radius 2 is 2.07 bits per heavy atom. The van der Waals surface area contributed by atoms with E-state index in [2.05, 4.69) is 25.5 Å². The molecule has 1 amide bonds. The highest BCUT2D eigenvalue weighted by molar-refractivity contribution is 6.35. The number of hydrogen-bond donors (Lipinski definition) is 2. The Balaban J connectivity index is 1.60. The highest BCUT2D eigenvalue weighted by Crippen LogP contribution is 2.25. The van der Waals surface area contributed by atoms with Gasteiger partial charge in [-0.2, -0.15) is 5.10 Å². The lowest BCUT2D eigenvalue weighted by Crippen LogP contribution is -2.19. The van der Waals surface area contributed by atoms with Gasteiger partial charge in [-0.25, -0.2) is 10.1 Å². The van der Waals surface area contributed by atoms with E-state index < -0.39 is 5.91 Å². The summed E-state index contributed by atoms with van der Waals surface area (Å²) in [5, 5.41) is 12.9. The van der Waals surface area contributed by atoms with Gasteiger partial charge in [-0.15, -0.1) is 0 Å². The van der Waals surface area contributed by atoms with Crippen LogP contribution in [-0.2, 0) is 6.54 Å². The zero-order chi connectivity index (χ0) is 20.4. The van der Waals surface area contributed by atoms with Gasteiger partial charge in [0.2, 0.25) is 11.5 Å². The first kappa shape index (κ1) is 19.0. The van der Waals surface area contributed by atoms with Crippen LogP contribution in [0.3, 0.4) is 0 Å². The minimum Gasteiger partial charge on any atom is -0.379 e. The third-order valence-electron chi connectivity index (χ3n) is 4.27. The Hall–Kier alpha value is -3.36. The standard InChI is InChI=1S/C19H14Cl2N6O2/c20-13-6-5-11(15(21)7-13)9-27-10-12(14-3-1-2-4-16(14)27)8-23-24-19(28)17-18(22)26-29-25-17/h1-8,10H,9H2,(H2,22,26)(H,24,28)/b23-8+. The summed E-state index contributed by atoms with van der Waals surface area (Å²) in [5.74, 6) is -0.717. The molecular formula is C19H14Cl2N6O2. The molecule has 0 unspecified atom stereocenters. The second-order valence-electron chi connectivity index (χ2n) is 6.16. The maximum Gasteiger partial charge on any atom is 0.297 e. The number of fused-ring (bicyclic) bond motifs is 1. The molecule has 0 aliphatic rings. The van der Waals surface area contributed by atoms with Crippen molar-refractivity contribution in [1.29, 1.82) is 0 Å². The van der Waals surface area contributed by atoms with Crippen LogP contribution in [0.5, 0.6) is 0 Å². The SMILES string of the molecule is Nc1nonc1C(=O)N/N=C/c1cn(Cc2ccc(Cl)cc2Cl)c2ccccc12. The van der Waals surface area contributed by atoms with Crippen molar-refractivity contribution in [3.05, 3.63) is 75.5 Å². The number of amides is 1. The van der Waals surface area contributed by atoms with E-state index in [-0.39, 0.29) is 11.5 Å². The van der Waals surface area contributed by atoms with E-state index in [1.807, 2.05) is 41.1 Å². The summed E-state index contributed by atoms with van der Waals surface area (Å²) in [5.41, 5.74) is 10.5. The summed E-state index contributed by atoms with van der Waals surface area (Å²) in [6.45, 7) is 0.553. The number of nitrogens with zero attached hydrogens (tertiary/aromatic N) is 4. The first-order valence-corrected chi connectivity index (χ1v) is 9.22. The van der Waals surface area contributed by atoms with Crippen molar-refractivity contribution in [2.75, 3.05) is 5.73 Å². The first-order chi connectivity index (χ1) is 14.0. The maximum atomic E-state index is 12.0. The quantitative estimate of drug-likeness (QED) is 0.371. The van der Waals surface area contributed by atoms with Crippen molar-refractivity contribution < 1.29 is 9.42 Å². The van der Waals surface area contributed by atoms with Crippen molar-refractivity contribution in [2.45, 2.75) is 6.54 Å². The highest BCUT2D eigenvalue weighted by Gasteiger charge is 2.15. The molecule has 146 valence electrons. The number of nitrogens with two attached hydrogens (primary N) is 1. The zero-order valence-electron chi connectivity index (χ0n) is 14.8. The molecule has 8 nitrogen and oxygen atoms in total. The number of aromatic nitrogens is 3. The Morgan fingerprint density at radius 1 is 1.24 bits per heavy atom. The minimum absolute atomic E-state index is 0.103. The van der Waals surface area contributed by atoms with Gasteiger partial charge in [-0.3, -0.25) is 4.79 Å². The Kier molecular flexibility index (Phi) is 5.20. The topological polar surface area (TPSA) is 111 Å². The van der Waals surface area contributed by atoms with E-state index in [9.17, 15) is 4.79 Å². The van der Waals surface area contributed by atoms with Gasteiger partial charge >= 0.3 is 0 Å². The third-order valence-corrected chi connectivity index (χ3v) is 4.86. The van der Waals surface area contributed by atoms with Crippen LogP contribution in [0.2, 0.25) is 10.0 Å². The highest BCUT2D eigenvalue weighted by atomic mass is 35.5. The molecule has 2 aromatic carbocycles. The van der Waals surface area contributed by atoms with E-state index in [1.54, 1.807) is 18.3 Å². The second kappa shape index (κ2) is 7.94. The number of hydrogen-bond acceptors (Lipinski definition) is 6. The number of carbonyl (C=O) groups excluding carboxylic acids is 1. The van der Waals surface area contributed by atoms with E-state index >= 15 is 0 Å². The smallest absolute Gasteiger partial charge is 0.297 e. The van der Waals surface area contributed by atoms with Crippen molar-refractivity contribution in [3.63, 3.8) is 0 Å². The lowest BCUT2D eigenvalue weighted by atomic mass is 10.2. The average Bonchev–Trinajstić information content (AvgIpc) is 3.28. The molecule has 0 fully saturated rings. The number of nitrogen functional groups attached to an aromatic ring is 1. The molecule has 0 saturated carbocycles. The van der Waals surface area contributed by atoms with Crippen LogP contribution in [-0.4, -0.2) is 27.0 Å². The second-order valence-corrected chi connectivity index (χ2v) is 7.01. The van der Waals surface area contributed by atoms with Crippen molar-refractivity contribution in [1.82, 2.24) is 20.3 Å². The predicted molar refractivity (Wildman–Crippen MR) is 111 cm³/mol. The molecule has 2 heterocycles. The molecule has 10 heteroatoms. The van der Waals surface area contributed by atoms with Gasteiger partial charge < -0.3 is 10.3 Å². The Labute approximate surface area is 174 Å². The van der Waals surface area contributed by atoms with Gasteiger partial charge in [0.15, 0.2) is 0 Å². The summed E-state index contributed by atoms with van der Waals surface area (Å²) < 4.78 is 6.45. The third kappa shape index (κ3) is 3.94. The van der Waals surface area contributed by atoms with Crippen molar-refractivity contribution in [2.24, 2.45) is 5.10 Å². The molecule has 0 spiro atoms. The summed E-state index contributed by atoms with van der Waals surface area (Å²) in [6, 6.07) is 13.3. The van der Waals surface area contributed by atoms with Gasteiger partial charge in [-0.1, -0.05) is 47.5 Å². The number of para-hydroxylation sites is 1. The number of benzene rings is 2. The van der Waals surface area contributed by atoms with E-state index in [0.29, 0.717) is 16.6 Å². The van der Waals surface area contributed by atoms with Gasteiger partial charge in [0.1, 0.15) is 0 Å². The number of hydrazone groups is 1. The number of rotatable bonds is 5. The van der Waals surface area contributed by atoms with Crippen LogP contribution < -0.4 is 11.2 Å². The molecule has 0 aliphatic heterocycles. The fourth-order valence-electron chi connectivity index (χ4n) is 2.91. The summed E-state index contributed by atoms with van der Waals surface area (Å²) in [4.78, 5) is 12.0. The van der Waals surface area contributed by atoms with Gasteiger partial charge in [0.25, 0.3) is 5.91 Å². The van der Waals surface area contributed by atoms with Gasteiger partial charge in [0, 0.05) is 39.3 Å². The molecule has 29 heavy (non-hydrogen) atoms. The summed E-state index contributed by atoms with van der Waals surface area (Å²) in [7, 11) is 0. The fourth-order valence-corrected chi connectivity index (χ4v) is 3.38. The molecular weight excluding hydrogens is 415 g/mol. The maximum absolute atomic E-state index is 12.0. The van der Waals surface area contributed by atoms with Crippen LogP contribution in [0.4, 0.5) is 5.82 Å². The first-order valence-electron chi connectivity index (χ1n) is 8.46. The molecule has 4 rings (SSSR count). The van der Waals surface area contributed by atoms with Crippen LogP contribution in [0.1, 0.15) is 21.6 Å². The molecule has 0 atom stereocenters. The van der Waals surface area contributed by atoms with Gasteiger partial charge in [0.05, 0.1) is 6.21 Å².